The van der Waals surface area contributed by atoms with Crippen LogP contribution in [0.15, 0.2) is 54.6 Å². The molecule has 0 aromatic heterocycles. The van der Waals surface area contributed by atoms with Crippen LogP contribution in [0.2, 0.25) is 0 Å². The molecule has 124 valence electrons. The summed E-state index contributed by atoms with van der Waals surface area (Å²) < 4.78 is 0. The third-order valence-corrected chi connectivity index (χ3v) is 4.55. The molecule has 1 aliphatic rings. The molecule has 2 aromatic rings. The summed E-state index contributed by atoms with van der Waals surface area (Å²) in [5.41, 5.74) is 5.26. The Labute approximate surface area is 144 Å². The second-order valence-electron chi connectivity index (χ2n) is 7.54. The van der Waals surface area contributed by atoms with Gasteiger partial charge in [0.15, 0.2) is 5.78 Å². The van der Waals surface area contributed by atoms with Gasteiger partial charge >= 0.3 is 0 Å². The fourth-order valence-corrected chi connectivity index (χ4v) is 3.25. The first-order valence-electron chi connectivity index (χ1n) is 8.58. The molecule has 0 spiro atoms. The molecule has 2 heteroatoms. The highest BCUT2D eigenvalue weighted by molar-refractivity contribution is 6.08. The van der Waals surface area contributed by atoms with Gasteiger partial charge in [-0.1, -0.05) is 62.4 Å². The van der Waals surface area contributed by atoms with Crippen molar-refractivity contribution in [3.8, 4) is 0 Å². The molecule has 0 aliphatic carbocycles. The zero-order chi connectivity index (χ0) is 17.3. The van der Waals surface area contributed by atoms with Crippen LogP contribution in [0.1, 0.15) is 60.7 Å². The van der Waals surface area contributed by atoms with Crippen LogP contribution in [0.4, 0.5) is 0 Å². The summed E-state index contributed by atoms with van der Waals surface area (Å²) in [6.07, 6.45) is 2.70. The maximum Gasteiger partial charge on any atom is 0.187 e. The Morgan fingerprint density at radius 2 is 1.75 bits per heavy atom. The second-order valence-corrected chi connectivity index (χ2v) is 7.54. The summed E-state index contributed by atoms with van der Waals surface area (Å²) in [6.45, 7) is 8.64. The first kappa shape index (κ1) is 16.5. The first-order valence-corrected chi connectivity index (χ1v) is 8.58. The van der Waals surface area contributed by atoms with Crippen molar-refractivity contribution in [3.63, 3.8) is 0 Å². The van der Waals surface area contributed by atoms with E-state index >= 15 is 0 Å². The molecule has 2 nitrogen and oxygen atoms in total. The van der Waals surface area contributed by atoms with Gasteiger partial charge in [0.25, 0.3) is 0 Å². The van der Waals surface area contributed by atoms with Gasteiger partial charge in [-0.05, 0) is 37.3 Å². The fraction of sp³-hybridized carbons (Fsp3) is 0.318. The fourth-order valence-electron chi connectivity index (χ4n) is 3.25. The van der Waals surface area contributed by atoms with Crippen molar-refractivity contribution in [1.29, 1.82) is 0 Å². The van der Waals surface area contributed by atoms with Crippen LogP contribution >= 0.6 is 0 Å². The number of carbonyl (C=O) groups excluding carboxylic acids is 1. The van der Waals surface area contributed by atoms with E-state index < -0.39 is 0 Å². The van der Waals surface area contributed by atoms with Gasteiger partial charge in [0.1, 0.15) is 0 Å². The second kappa shape index (κ2) is 6.27. The number of hydrogen-bond acceptors (Lipinski definition) is 2. The minimum absolute atomic E-state index is 0.0420. The molecule has 0 unspecified atom stereocenters. The van der Waals surface area contributed by atoms with Crippen LogP contribution in [0.3, 0.4) is 0 Å². The van der Waals surface area contributed by atoms with E-state index in [1.807, 2.05) is 30.3 Å². The zero-order valence-electron chi connectivity index (χ0n) is 14.9. The summed E-state index contributed by atoms with van der Waals surface area (Å²) in [7, 11) is 0. The lowest BCUT2D eigenvalue weighted by Crippen LogP contribution is -2.43. The van der Waals surface area contributed by atoms with E-state index in [1.165, 1.54) is 11.1 Å². The number of fused-ring (bicyclic) bond motifs is 1. The van der Waals surface area contributed by atoms with E-state index in [4.69, 9.17) is 0 Å². The van der Waals surface area contributed by atoms with Crippen molar-refractivity contribution in [1.82, 2.24) is 5.32 Å². The maximum absolute atomic E-state index is 12.7. The number of rotatable bonds is 3. The first-order chi connectivity index (χ1) is 11.4. The number of hydrogen-bond donors (Lipinski definition) is 1. The molecule has 0 amide bonds. The van der Waals surface area contributed by atoms with Crippen LogP contribution in [0.25, 0.3) is 5.70 Å². The molecule has 0 saturated carbocycles. The highest BCUT2D eigenvalue weighted by atomic mass is 16.1. The van der Waals surface area contributed by atoms with Crippen molar-refractivity contribution in [3.05, 3.63) is 76.9 Å². The summed E-state index contributed by atoms with van der Waals surface area (Å²) in [4.78, 5) is 12.7. The van der Waals surface area contributed by atoms with Crippen molar-refractivity contribution in [2.75, 3.05) is 0 Å². The third kappa shape index (κ3) is 3.43. The predicted octanol–water partition coefficient (Wildman–Crippen LogP) is 4.96. The van der Waals surface area contributed by atoms with Crippen LogP contribution < -0.4 is 5.32 Å². The predicted molar refractivity (Wildman–Crippen MR) is 100 cm³/mol. The third-order valence-electron chi connectivity index (χ3n) is 4.55. The van der Waals surface area contributed by atoms with E-state index in [0.29, 0.717) is 5.92 Å². The molecule has 0 atom stereocenters. The molecule has 0 fully saturated rings. The molecule has 1 N–H and O–H groups in total. The SMILES string of the molecule is CC(C)c1ccc(C(=O)C=C2NC(C)(C)Cc3ccccc32)cc1. The monoisotopic (exact) mass is 319 g/mol. The molecule has 0 saturated heterocycles. The molecular weight excluding hydrogens is 294 g/mol. The average Bonchev–Trinajstić information content (AvgIpc) is 2.53. The highest BCUT2D eigenvalue weighted by Crippen LogP contribution is 2.29. The molecule has 3 rings (SSSR count). The molecule has 0 radical (unpaired) electrons. The van der Waals surface area contributed by atoms with Crippen molar-refractivity contribution in [2.45, 2.75) is 45.6 Å². The Bertz CT molecular complexity index is 782. The zero-order valence-corrected chi connectivity index (χ0v) is 14.9. The topological polar surface area (TPSA) is 29.1 Å². The van der Waals surface area contributed by atoms with Crippen LogP contribution in [-0.2, 0) is 6.42 Å². The maximum atomic E-state index is 12.7. The van der Waals surface area contributed by atoms with E-state index in [0.717, 1.165) is 23.2 Å². The Kier molecular flexibility index (Phi) is 4.31. The molecule has 0 bridgehead atoms. The summed E-state index contributed by atoms with van der Waals surface area (Å²) in [5, 5.41) is 3.52. The lowest BCUT2D eigenvalue weighted by Gasteiger charge is -2.35. The normalized spacial score (nSPS) is 17.5. The van der Waals surface area contributed by atoms with Crippen molar-refractivity contribution >= 4 is 11.5 Å². The van der Waals surface area contributed by atoms with E-state index in [9.17, 15) is 4.79 Å². The summed E-state index contributed by atoms with van der Waals surface area (Å²) in [6, 6.07) is 16.2. The number of nitrogens with one attached hydrogen (secondary N) is 1. The van der Waals surface area contributed by atoms with Gasteiger partial charge in [-0.3, -0.25) is 4.79 Å². The Morgan fingerprint density at radius 3 is 2.42 bits per heavy atom. The summed E-state index contributed by atoms with van der Waals surface area (Å²) in [5.74, 6) is 0.514. The molecule has 2 aromatic carbocycles. The standard InChI is InChI=1S/C22H25NO/c1-15(2)16-9-11-17(12-10-16)21(24)13-20-19-8-6-5-7-18(19)14-22(3,4)23-20/h5-13,15,23H,14H2,1-4H3. The number of benzene rings is 2. The average molecular weight is 319 g/mol. The van der Waals surface area contributed by atoms with Gasteiger partial charge in [-0.25, -0.2) is 0 Å². The van der Waals surface area contributed by atoms with Crippen LogP contribution in [0.5, 0.6) is 0 Å². The quantitative estimate of drug-likeness (QED) is 0.640. The Hall–Kier alpha value is -2.35. The van der Waals surface area contributed by atoms with E-state index in [-0.39, 0.29) is 11.3 Å². The van der Waals surface area contributed by atoms with Crippen molar-refractivity contribution in [2.24, 2.45) is 0 Å². The number of carbonyl (C=O) groups is 1. The smallest absolute Gasteiger partial charge is 0.187 e. The van der Waals surface area contributed by atoms with Crippen LogP contribution in [-0.4, -0.2) is 11.3 Å². The Morgan fingerprint density at radius 1 is 1.08 bits per heavy atom. The van der Waals surface area contributed by atoms with Gasteiger partial charge in [0.05, 0.1) is 0 Å². The number of allylic oxidation sites excluding steroid dienone is 1. The molecule has 1 aliphatic heterocycles. The largest absolute Gasteiger partial charge is 0.379 e. The van der Waals surface area contributed by atoms with Gasteiger partial charge in [0.2, 0.25) is 0 Å². The van der Waals surface area contributed by atoms with Gasteiger partial charge in [0, 0.05) is 28.4 Å². The van der Waals surface area contributed by atoms with Crippen LogP contribution in [0, 0.1) is 0 Å². The van der Waals surface area contributed by atoms with Gasteiger partial charge in [-0.2, -0.15) is 0 Å². The van der Waals surface area contributed by atoms with Crippen molar-refractivity contribution < 1.29 is 4.79 Å². The van der Waals surface area contributed by atoms with Gasteiger partial charge < -0.3 is 5.32 Å². The highest BCUT2D eigenvalue weighted by Gasteiger charge is 2.27. The minimum Gasteiger partial charge on any atom is -0.379 e. The van der Waals surface area contributed by atoms with E-state index in [2.05, 4.69) is 51.2 Å². The Balaban J connectivity index is 1.94. The molecule has 1 heterocycles. The lowest BCUT2D eigenvalue weighted by atomic mass is 9.85. The molecular formula is C22H25NO. The number of ketones is 1. The molecule has 24 heavy (non-hydrogen) atoms. The minimum atomic E-state index is -0.0536. The van der Waals surface area contributed by atoms with Gasteiger partial charge in [-0.15, -0.1) is 0 Å². The summed E-state index contributed by atoms with van der Waals surface area (Å²) >= 11 is 0. The van der Waals surface area contributed by atoms with E-state index in [1.54, 1.807) is 6.08 Å². The lowest BCUT2D eigenvalue weighted by molar-refractivity contribution is 0.104.